The fourth-order valence-electron chi connectivity index (χ4n) is 2.95. The molecule has 0 amide bonds. The maximum absolute atomic E-state index is 11.4. The summed E-state index contributed by atoms with van der Waals surface area (Å²) in [7, 11) is 0. The van der Waals surface area contributed by atoms with Crippen molar-refractivity contribution in [3.63, 3.8) is 0 Å². The fraction of sp³-hybridized carbons (Fsp3) is 0.667. The Morgan fingerprint density at radius 3 is 2.90 bits per heavy atom. The van der Waals surface area contributed by atoms with Crippen LogP contribution < -0.4 is 0 Å². The lowest BCUT2D eigenvalue weighted by Crippen LogP contribution is -2.20. The highest BCUT2D eigenvalue weighted by Gasteiger charge is 2.52. The highest BCUT2D eigenvalue weighted by molar-refractivity contribution is 5.89. The highest BCUT2D eigenvalue weighted by atomic mass is 16.1. The van der Waals surface area contributed by atoms with Crippen molar-refractivity contribution in [2.75, 3.05) is 0 Å². The molecule has 0 N–H and O–H groups in total. The number of Topliss-reactive ketones (excluding diaryl/α,β-unsaturated/α-hetero) is 1. The second-order valence-corrected chi connectivity index (χ2v) is 3.81. The van der Waals surface area contributed by atoms with Crippen LogP contribution in [0.3, 0.4) is 0 Å². The molecule has 52 valence electrons. The summed E-state index contributed by atoms with van der Waals surface area (Å²) < 4.78 is 0. The molecule has 2 fully saturated rings. The highest BCUT2D eigenvalue weighted by Crippen LogP contribution is 2.54. The van der Waals surface area contributed by atoms with Gasteiger partial charge < -0.3 is 0 Å². The van der Waals surface area contributed by atoms with E-state index in [2.05, 4.69) is 12.2 Å². The molecule has 0 heterocycles. The van der Waals surface area contributed by atoms with Crippen LogP contribution in [0.15, 0.2) is 12.2 Å². The van der Waals surface area contributed by atoms with E-state index in [0.29, 0.717) is 17.6 Å². The minimum Gasteiger partial charge on any atom is -0.299 e. The maximum atomic E-state index is 11.4. The van der Waals surface area contributed by atoms with Crippen LogP contribution in [0.2, 0.25) is 0 Å². The Hall–Kier alpha value is -0.590. The normalized spacial score (nSPS) is 55.0. The van der Waals surface area contributed by atoms with Crippen molar-refractivity contribution in [3.8, 4) is 0 Å². The molecule has 4 unspecified atom stereocenters. The number of carbonyl (C=O) groups excluding carboxylic acids is 1. The molecule has 10 heavy (non-hydrogen) atoms. The standard InChI is InChI=1S/C9H10O/c10-9-6-3-5-1-2-7(9)8(5)4-6/h1-2,5-8H,3-4H2. The Morgan fingerprint density at radius 2 is 2.20 bits per heavy atom. The fourth-order valence-corrected chi connectivity index (χ4v) is 2.95. The summed E-state index contributed by atoms with van der Waals surface area (Å²) >= 11 is 0. The second kappa shape index (κ2) is 1.36. The predicted octanol–water partition coefficient (Wildman–Crippen LogP) is 1.40. The lowest BCUT2D eigenvalue weighted by molar-refractivity contribution is -0.124. The summed E-state index contributed by atoms with van der Waals surface area (Å²) in [6.07, 6.45) is 6.77. The third-order valence-electron chi connectivity index (χ3n) is 3.42. The van der Waals surface area contributed by atoms with Crippen LogP contribution >= 0.6 is 0 Å². The summed E-state index contributed by atoms with van der Waals surface area (Å²) in [4.78, 5) is 11.4. The number of ketones is 1. The molecule has 0 aromatic carbocycles. The van der Waals surface area contributed by atoms with Gasteiger partial charge in [0.05, 0.1) is 0 Å². The minimum atomic E-state index is 0.351. The molecule has 2 bridgehead atoms. The van der Waals surface area contributed by atoms with Crippen molar-refractivity contribution in [1.82, 2.24) is 0 Å². The minimum absolute atomic E-state index is 0.351. The van der Waals surface area contributed by atoms with E-state index in [1.54, 1.807) is 0 Å². The van der Waals surface area contributed by atoms with Gasteiger partial charge in [0.1, 0.15) is 5.78 Å². The van der Waals surface area contributed by atoms with Crippen molar-refractivity contribution in [2.45, 2.75) is 12.8 Å². The van der Waals surface area contributed by atoms with Crippen LogP contribution in [-0.2, 0) is 4.79 Å². The van der Waals surface area contributed by atoms with Gasteiger partial charge in [0, 0.05) is 11.8 Å². The first kappa shape index (κ1) is 5.11. The van der Waals surface area contributed by atoms with Crippen molar-refractivity contribution in [2.24, 2.45) is 23.7 Å². The molecule has 4 atom stereocenters. The lowest BCUT2D eigenvalue weighted by atomic mass is 9.87. The zero-order chi connectivity index (χ0) is 6.72. The molecular weight excluding hydrogens is 124 g/mol. The van der Waals surface area contributed by atoms with Crippen molar-refractivity contribution < 1.29 is 4.79 Å². The molecule has 2 saturated carbocycles. The number of allylic oxidation sites excluding steroid dienone is 2. The van der Waals surface area contributed by atoms with Crippen molar-refractivity contribution >= 4 is 5.78 Å². The average Bonchev–Trinajstić information content (AvgIpc) is 2.43. The molecule has 0 aromatic rings. The topological polar surface area (TPSA) is 17.1 Å². The van der Waals surface area contributed by atoms with Gasteiger partial charge in [-0.15, -0.1) is 0 Å². The van der Waals surface area contributed by atoms with Gasteiger partial charge in [0.15, 0.2) is 0 Å². The number of hydrogen-bond donors (Lipinski definition) is 0. The van der Waals surface area contributed by atoms with Crippen molar-refractivity contribution in [3.05, 3.63) is 12.2 Å². The molecule has 3 aliphatic rings. The smallest absolute Gasteiger partial charge is 0.143 e. The monoisotopic (exact) mass is 134 g/mol. The second-order valence-electron chi connectivity index (χ2n) is 3.81. The number of carbonyl (C=O) groups is 1. The average molecular weight is 134 g/mol. The van der Waals surface area contributed by atoms with E-state index in [-0.39, 0.29) is 0 Å². The van der Waals surface area contributed by atoms with Gasteiger partial charge >= 0.3 is 0 Å². The quantitative estimate of drug-likeness (QED) is 0.458. The lowest BCUT2D eigenvalue weighted by Gasteiger charge is -2.16. The first-order chi connectivity index (χ1) is 4.86. The number of rotatable bonds is 0. The van der Waals surface area contributed by atoms with Gasteiger partial charge in [0.25, 0.3) is 0 Å². The molecule has 1 nitrogen and oxygen atoms in total. The predicted molar refractivity (Wildman–Crippen MR) is 37.3 cm³/mol. The molecule has 0 aliphatic heterocycles. The first-order valence-electron chi connectivity index (χ1n) is 4.08. The summed E-state index contributed by atoms with van der Waals surface area (Å²) in [6, 6.07) is 0. The number of fused-ring (bicyclic) bond motifs is 1. The van der Waals surface area contributed by atoms with E-state index in [1.807, 2.05) is 0 Å². The molecule has 0 aromatic heterocycles. The molecular formula is C9H10O. The summed E-state index contributed by atoms with van der Waals surface area (Å²) in [6.45, 7) is 0. The van der Waals surface area contributed by atoms with Gasteiger partial charge in [-0.25, -0.2) is 0 Å². The Bertz CT molecular complexity index is 229. The molecule has 1 heteroatoms. The van der Waals surface area contributed by atoms with E-state index >= 15 is 0 Å². The summed E-state index contributed by atoms with van der Waals surface area (Å²) in [5.41, 5.74) is 0. The molecule has 3 rings (SSSR count). The number of hydrogen-bond acceptors (Lipinski definition) is 1. The SMILES string of the molecule is O=C1C2CC3C=CC1C3C2. The maximum Gasteiger partial charge on any atom is 0.143 e. The first-order valence-corrected chi connectivity index (χ1v) is 4.08. The van der Waals surface area contributed by atoms with E-state index in [4.69, 9.17) is 0 Å². The summed E-state index contributed by atoms with van der Waals surface area (Å²) in [5, 5.41) is 0. The van der Waals surface area contributed by atoms with E-state index in [1.165, 1.54) is 6.42 Å². The largest absolute Gasteiger partial charge is 0.299 e. The molecule has 0 radical (unpaired) electrons. The van der Waals surface area contributed by atoms with Crippen LogP contribution in [0.25, 0.3) is 0 Å². The van der Waals surface area contributed by atoms with E-state index in [0.717, 1.165) is 18.3 Å². The van der Waals surface area contributed by atoms with E-state index in [9.17, 15) is 4.79 Å². The van der Waals surface area contributed by atoms with Crippen molar-refractivity contribution in [1.29, 1.82) is 0 Å². The van der Waals surface area contributed by atoms with Gasteiger partial charge in [-0.05, 0) is 24.7 Å². The van der Waals surface area contributed by atoms with Crippen LogP contribution in [-0.4, -0.2) is 5.78 Å². The zero-order valence-electron chi connectivity index (χ0n) is 5.79. The van der Waals surface area contributed by atoms with Crippen LogP contribution in [0.5, 0.6) is 0 Å². The molecule has 3 aliphatic carbocycles. The Kier molecular flexibility index (Phi) is 0.697. The molecule has 0 saturated heterocycles. The third-order valence-corrected chi connectivity index (χ3v) is 3.42. The van der Waals surface area contributed by atoms with Gasteiger partial charge in [-0.1, -0.05) is 12.2 Å². The van der Waals surface area contributed by atoms with Crippen LogP contribution in [0, 0.1) is 23.7 Å². The van der Waals surface area contributed by atoms with Gasteiger partial charge in [0.2, 0.25) is 0 Å². The third kappa shape index (κ3) is 0.377. The Morgan fingerprint density at radius 1 is 1.30 bits per heavy atom. The Balaban J connectivity index is 2.14. The van der Waals surface area contributed by atoms with Crippen LogP contribution in [0.4, 0.5) is 0 Å². The zero-order valence-corrected chi connectivity index (χ0v) is 5.79. The summed E-state index contributed by atoms with van der Waals surface area (Å²) in [5.74, 6) is 2.86. The molecule has 0 spiro atoms. The van der Waals surface area contributed by atoms with Gasteiger partial charge in [-0.2, -0.15) is 0 Å². The Labute approximate surface area is 60.1 Å². The van der Waals surface area contributed by atoms with E-state index < -0.39 is 0 Å². The van der Waals surface area contributed by atoms with Gasteiger partial charge in [-0.3, -0.25) is 4.79 Å². The van der Waals surface area contributed by atoms with Crippen LogP contribution in [0.1, 0.15) is 12.8 Å².